The van der Waals surface area contributed by atoms with Crippen LogP contribution in [0.15, 0.2) is 29.4 Å². The summed E-state index contributed by atoms with van der Waals surface area (Å²) in [7, 11) is 0. The average molecular weight is 291 g/mol. The van der Waals surface area contributed by atoms with Gasteiger partial charge in [-0.1, -0.05) is 12.5 Å². The van der Waals surface area contributed by atoms with E-state index in [-0.39, 0.29) is 5.96 Å². The van der Waals surface area contributed by atoms with Crippen LogP contribution >= 0.6 is 12.2 Å². The Balaban J connectivity index is 1.86. The Morgan fingerprint density at radius 3 is 2.95 bits per heavy atom. The zero-order valence-electron chi connectivity index (χ0n) is 11.5. The van der Waals surface area contributed by atoms with E-state index in [4.69, 9.17) is 23.7 Å². The Labute approximate surface area is 124 Å². The van der Waals surface area contributed by atoms with Gasteiger partial charge in [0, 0.05) is 17.9 Å². The zero-order chi connectivity index (χ0) is 14.4. The molecule has 2 rings (SSSR count). The summed E-state index contributed by atoms with van der Waals surface area (Å²) in [6, 6.07) is 6.42. The maximum atomic E-state index is 5.32. The number of hydrogen-bond acceptors (Lipinski definition) is 2. The highest BCUT2D eigenvalue weighted by Gasteiger charge is 2.22. The third kappa shape index (κ3) is 4.77. The second kappa shape index (κ2) is 7.19. The number of nitrogens with two attached hydrogens (primary N) is 2. The third-order valence-corrected chi connectivity index (χ3v) is 3.77. The van der Waals surface area contributed by atoms with E-state index in [0.29, 0.717) is 17.1 Å². The van der Waals surface area contributed by atoms with Gasteiger partial charge >= 0.3 is 0 Å². The molecule has 2 atom stereocenters. The van der Waals surface area contributed by atoms with E-state index in [1.54, 1.807) is 0 Å². The van der Waals surface area contributed by atoms with Gasteiger partial charge in [0.2, 0.25) is 0 Å². The van der Waals surface area contributed by atoms with Crippen molar-refractivity contribution in [2.45, 2.75) is 38.1 Å². The van der Waals surface area contributed by atoms with Crippen LogP contribution in [-0.4, -0.2) is 22.1 Å². The first kappa shape index (κ1) is 14.7. The molecule has 0 bridgehead atoms. The van der Waals surface area contributed by atoms with E-state index in [0.717, 1.165) is 25.0 Å². The number of rotatable bonds is 3. The molecule has 1 aliphatic rings. The summed E-state index contributed by atoms with van der Waals surface area (Å²) in [5.41, 5.74) is 11.8. The number of nitrogens with zero attached hydrogens (tertiary/aromatic N) is 2. The van der Waals surface area contributed by atoms with Gasteiger partial charge in [-0.25, -0.2) is 0 Å². The minimum Gasteiger partial charge on any atom is -0.370 e. The predicted octanol–water partition coefficient (Wildman–Crippen LogP) is 1.33. The Hall–Kier alpha value is -1.69. The molecule has 0 saturated heterocycles. The van der Waals surface area contributed by atoms with Gasteiger partial charge in [-0.05, 0) is 56.0 Å². The molecule has 2 unspecified atom stereocenters. The molecule has 1 saturated carbocycles. The van der Waals surface area contributed by atoms with Gasteiger partial charge in [-0.15, -0.1) is 0 Å². The third-order valence-electron chi connectivity index (χ3n) is 3.57. The maximum Gasteiger partial charge on any atom is 0.196 e. The molecule has 108 valence electrons. The van der Waals surface area contributed by atoms with Crippen LogP contribution in [0.2, 0.25) is 0 Å². The standard InChI is InChI=1S/C14H21N5S/c15-13(16)19-14(20)18-12-6-3-4-10(9-12)8-11-5-1-2-7-17-11/h1-2,5,7,10,12H,3-4,6,8-9H2,(H5,15,16,18,19,20). The number of guanidine groups is 1. The molecule has 5 N–H and O–H groups in total. The minimum absolute atomic E-state index is 0.00310. The highest BCUT2D eigenvalue weighted by atomic mass is 32.1. The van der Waals surface area contributed by atoms with E-state index < -0.39 is 0 Å². The number of aromatic nitrogens is 1. The van der Waals surface area contributed by atoms with Crippen molar-refractivity contribution in [3.63, 3.8) is 0 Å². The van der Waals surface area contributed by atoms with Crippen molar-refractivity contribution < 1.29 is 0 Å². The molecule has 0 spiro atoms. The SMILES string of the molecule is NC(N)=NC(=S)NC1CCCC(Cc2ccccn2)C1. The number of nitrogens with one attached hydrogen (secondary N) is 1. The first-order chi connectivity index (χ1) is 9.63. The molecule has 1 heterocycles. The Kier molecular flexibility index (Phi) is 5.29. The van der Waals surface area contributed by atoms with Crippen LogP contribution in [0.5, 0.6) is 0 Å². The summed E-state index contributed by atoms with van der Waals surface area (Å²) in [5, 5.41) is 3.61. The van der Waals surface area contributed by atoms with Crippen LogP contribution in [0.25, 0.3) is 0 Å². The van der Waals surface area contributed by atoms with E-state index in [1.807, 2.05) is 18.3 Å². The molecule has 0 amide bonds. The summed E-state index contributed by atoms with van der Waals surface area (Å²) < 4.78 is 0. The van der Waals surface area contributed by atoms with Crippen LogP contribution < -0.4 is 16.8 Å². The van der Waals surface area contributed by atoms with Crippen molar-refractivity contribution in [1.29, 1.82) is 0 Å². The summed E-state index contributed by atoms with van der Waals surface area (Å²) in [6.07, 6.45) is 7.49. The van der Waals surface area contributed by atoms with Gasteiger partial charge in [0.05, 0.1) is 0 Å². The van der Waals surface area contributed by atoms with Crippen molar-refractivity contribution >= 4 is 23.3 Å². The van der Waals surface area contributed by atoms with Crippen molar-refractivity contribution in [3.8, 4) is 0 Å². The molecule has 1 aromatic rings. The van der Waals surface area contributed by atoms with Crippen molar-refractivity contribution in [2.24, 2.45) is 22.4 Å². The van der Waals surface area contributed by atoms with Gasteiger partial charge in [0.1, 0.15) is 0 Å². The smallest absolute Gasteiger partial charge is 0.196 e. The lowest BCUT2D eigenvalue weighted by atomic mass is 9.83. The fourth-order valence-electron chi connectivity index (χ4n) is 2.75. The Morgan fingerprint density at radius 2 is 2.25 bits per heavy atom. The van der Waals surface area contributed by atoms with E-state index in [9.17, 15) is 0 Å². The first-order valence-electron chi connectivity index (χ1n) is 6.93. The lowest BCUT2D eigenvalue weighted by Crippen LogP contribution is -2.38. The normalized spacial score (nSPS) is 22.0. The second-order valence-corrected chi connectivity index (χ2v) is 5.63. The van der Waals surface area contributed by atoms with Gasteiger partial charge in [-0.2, -0.15) is 4.99 Å². The Bertz CT molecular complexity index is 470. The summed E-state index contributed by atoms with van der Waals surface area (Å²) in [4.78, 5) is 8.26. The molecular formula is C14H21N5S. The molecule has 5 nitrogen and oxygen atoms in total. The molecule has 20 heavy (non-hydrogen) atoms. The molecule has 0 aliphatic heterocycles. The zero-order valence-corrected chi connectivity index (χ0v) is 12.3. The number of hydrogen-bond donors (Lipinski definition) is 3. The van der Waals surface area contributed by atoms with Gasteiger partial charge in [0.15, 0.2) is 11.1 Å². The van der Waals surface area contributed by atoms with Crippen LogP contribution in [0.1, 0.15) is 31.4 Å². The quantitative estimate of drug-likeness (QED) is 0.444. The Morgan fingerprint density at radius 1 is 1.40 bits per heavy atom. The fraction of sp³-hybridized carbons (Fsp3) is 0.500. The first-order valence-corrected chi connectivity index (χ1v) is 7.34. The number of aliphatic imine (C=N–C) groups is 1. The van der Waals surface area contributed by atoms with Crippen LogP contribution in [0.4, 0.5) is 0 Å². The molecule has 0 aromatic carbocycles. The summed E-state index contributed by atoms with van der Waals surface area (Å²) in [5.74, 6) is 0.640. The predicted molar refractivity (Wildman–Crippen MR) is 85.2 cm³/mol. The van der Waals surface area contributed by atoms with Crippen LogP contribution in [0.3, 0.4) is 0 Å². The van der Waals surface area contributed by atoms with E-state index >= 15 is 0 Å². The molecule has 1 fully saturated rings. The monoisotopic (exact) mass is 291 g/mol. The summed E-state index contributed by atoms with van der Waals surface area (Å²) >= 11 is 5.11. The maximum absolute atomic E-state index is 5.32. The number of thiocarbonyl (C=S) groups is 1. The number of pyridine rings is 1. The fourth-order valence-corrected chi connectivity index (χ4v) is 3.02. The van der Waals surface area contributed by atoms with Gasteiger partial charge in [-0.3, -0.25) is 4.98 Å². The van der Waals surface area contributed by atoms with E-state index in [2.05, 4.69) is 21.4 Å². The highest BCUT2D eigenvalue weighted by Crippen LogP contribution is 2.27. The van der Waals surface area contributed by atoms with Crippen LogP contribution in [0, 0.1) is 5.92 Å². The molecule has 1 aromatic heterocycles. The summed E-state index contributed by atoms with van der Waals surface area (Å²) in [6.45, 7) is 0. The van der Waals surface area contributed by atoms with Gasteiger partial charge < -0.3 is 16.8 Å². The average Bonchev–Trinajstić information content (AvgIpc) is 2.39. The molecule has 0 radical (unpaired) electrons. The van der Waals surface area contributed by atoms with Crippen LogP contribution in [-0.2, 0) is 6.42 Å². The largest absolute Gasteiger partial charge is 0.370 e. The van der Waals surface area contributed by atoms with Crippen molar-refractivity contribution in [1.82, 2.24) is 10.3 Å². The van der Waals surface area contributed by atoms with E-state index in [1.165, 1.54) is 12.8 Å². The lowest BCUT2D eigenvalue weighted by molar-refractivity contribution is 0.304. The van der Waals surface area contributed by atoms with Gasteiger partial charge in [0.25, 0.3) is 0 Å². The molecule has 1 aliphatic carbocycles. The lowest BCUT2D eigenvalue weighted by Gasteiger charge is -2.29. The van der Waals surface area contributed by atoms with Crippen molar-refractivity contribution in [3.05, 3.63) is 30.1 Å². The minimum atomic E-state index is 0.00310. The van der Waals surface area contributed by atoms with Crippen molar-refractivity contribution in [2.75, 3.05) is 0 Å². The topological polar surface area (TPSA) is 89.3 Å². The molecule has 6 heteroatoms. The highest BCUT2D eigenvalue weighted by molar-refractivity contribution is 7.80. The molecular weight excluding hydrogens is 270 g/mol. The second-order valence-electron chi connectivity index (χ2n) is 5.24.